The first-order valence-electron chi connectivity index (χ1n) is 6.19. The van der Waals surface area contributed by atoms with E-state index < -0.39 is 6.04 Å². The molecule has 0 aliphatic rings. The Morgan fingerprint density at radius 1 is 1.24 bits per heavy atom. The van der Waals surface area contributed by atoms with Gasteiger partial charge in [0, 0.05) is 19.0 Å². The zero-order valence-electron chi connectivity index (χ0n) is 11.2. The van der Waals surface area contributed by atoms with Crippen LogP contribution in [0.3, 0.4) is 0 Å². The molecule has 0 saturated carbocycles. The fourth-order valence-corrected chi connectivity index (χ4v) is 1.21. The number of amides is 2. The van der Waals surface area contributed by atoms with E-state index in [4.69, 9.17) is 5.73 Å². The van der Waals surface area contributed by atoms with Gasteiger partial charge in [0.15, 0.2) is 0 Å². The van der Waals surface area contributed by atoms with Gasteiger partial charge in [-0.2, -0.15) is 0 Å². The average Bonchev–Trinajstić information content (AvgIpc) is 2.25. The number of hydrogen-bond donors (Lipinski definition) is 3. The van der Waals surface area contributed by atoms with E-state index in [9.17, 15) is 9.59 Å². The topological polar surface area (TPSA) is 84.2 Å². The summed E-state index contributed by atoms with van der Waals surface area (Å²) >= 11 is 0. The molecule has 0 aliphatic heterocycles. The number of carbonyl (C=O) groups excluding carboxylic acids is 2. The van der Waals surface area contributed by atoms with E-state index in [1.54, 1.807) is 6.92 Å². The standard InChI is InChI=1S/C12H25N3O2/c1-5-10(13)6-11(16)15-9(4)12(17)14-7-8(2)3/h8-10H,5-7,13H2,1-4H3,(H,14,17)(H,15,16). The minimum absolute atomic E-state index is 0.138. The van der Waals surface area contributed by atoms with Gasteiger partial charge in [0.1, 0.15) is 6.04 Å². The Morgan fingerprint density at radius 3 is 2.29 bits per heavy atom. The maximum atomic E-state index is 11.6. The lowest BCUT2D eigenvalue weighted by atomic mass is 10.1. The molecule has 0 aliphatic carbocycles. The second-order valence-corrected chi connectivity index (χ2v) is 4.80. The lowest BCUT2D eigenvalue weighted by molar-refractivity contribution is -0.128. The normalized spacial score (nSPS) is 14.2. The van der Waals surface area contributed by atoms with E-state index in [2.05, 4.69) is 10.6 Å². The summed E-state index contributed by atoms with van der Waals surface area (Å²) in [4.78, 5) is 23.1. The largest absolute Gasteiger partial charge is 0.354 e. The molecule has 0 aromatic carbocycles. The van der Waals surface area contributed by atoms with Crippen molar-refractivity contribution in [3.8, 4) is 0 Å². The van der Waals surface area contributed by atoms with Crippen molar-refractivity contribution < 1.29 is 9.59 Å². The van der Waals surface area contributed by atoms with Gasteiger partial charge in [-0.3, -0.25) is 9.59 Å². The first kappa shape index (κ1) is 15.9. The highest BCUT2D eigenvalue weighted by molar-refractivity contribution is 5.87. The van der Waals surface area contributed by atoms with Gasteiger partial charge >= 0.3 is 0 Å². The van der Waals surface area contributed by atoms with E-state index in [0.717, 1.165) is 6.42 Å². The highest BCUT2D eigenvalue weighted by atomic mass is 16.2. The van der Waals surface area contributed by atoms with Crippen LogP contribution in [0.25, 0.3) is 0 Å². The summed E-state index contributed by atoms with van der Waals surface area (Å²) in [5.41, 5.74) is 5.66. The van der Waals surface area contributed by atoms with Gasteiger partial charge in [0.25, 0.3) is 0 Å². The minimum atomic E-state index is -0.509. The quantitative estimate of drug-likeness (QED) is 0.605. The summed E-state index contributed by atoms with van der Waals surface area (Å²) in [7, 11) is 0. The fraction of sp³-hybridized carbons (Fsp3) is 0.833. The van der Waals surface area contributed by atoms with Gasteiger partial charge in [0.2, 0.25) is 11.8 Å². The monoisotopic (exact) mass is 243 g/mol. The maximum absolute atomic E-state index is 11.6. The lowest BCUT2D eigenvalue weighted by Crippen LogP contribution is -2.46. The summed E-state index contributed by atoms with van der Waals surface area (Å²) in [6, 6.07) is -0.647. The van der Waals surface area contributed by atoms with Gasteiger partial charge < -0.3 is 16.4 Å². The molecule has 2 atom stereocenters. The van der Waals surface area contributed by atoms with E-state index in [-0.39, 0.29) is 24.3 Å². The summed E-state index contributed by atoms with van der Waals surface area (Å²) in [6.07, 6.45) is 1.01. The van der Waals surface area contributed by atoms with E-state index in [1.165, 1.54) is 0 Å². The van der Waals surface area contributed by atoms with Crippen LogP contribution in [0.4, 0.5) is 0 Å². The Kier molecular flexibility index (Phi) is 7.54. The van der Waals surface area contributed by atoms with Crippen LogP contribution >= 0.6 is 0 Å². The Hall–Kier alpha value is -1.10. The van der Waals surface area contributed by atoms with Crippen LogP contribution in [0.1, 0.15) is 40.5 Å². The Labute approximate surface area is 104 Å². The number of rotatable bonds is 7. The molecule has 0 heterocycles. The zero-order valence-corrected chi connectivity index (χ0v) is 11.2. The summed E-state index contributed by atoms with van der Waals surface area (Å²) in [5, 5.41) is 5.41. The molecule has 4 N–H and O–H groups in total. The van der Waals surface area contributed by atoms with Crippen molar-refractivity contribution in [1.29, 1.82) is 0 Å². The molecule has 0 aromatic heterocycles. The first-order valence-corrected chi connectivity index (χ1v) is 6.19. The predicted octanol–water partition coefficient (Wildman–Crippen LogP) is 0.391. The Balaban J connectivity index is 3.94. The Morgan fingerprint density at radius 2 is 1.82 bits per heavy atom. The maximum Gasteiger partial charge on any atom is 0.242 e. The third-order valence-corrected chi connectivity index (χ3v) is 2.43. The second kappa shape index (κ2) is 8.06. The smallest absolute Gasteiger partial charge is 0.242 e. The third kappa shape index (κ3) is 7.74. The molecule has 0 saturated heterocycles. The molecule has 0 fully saturated rings. The van der Waals surface area contributed by atoms with Crippen molar-refractivity contribution in [3.05, 3.63) is 0 Å². The molecule has 5 nitrogen and oxygen atoms in total. The number of hydrogen-bond acceptors (Lipinski definition) is 3. The van der Waals surface area contributed by atoms with Crippen molar-refractivity contribution in [3.63, 3.8) is 0 Å². The highest BCUT2D eigenvalue weighted by Gasteiger charge is 2.16. The van der Waals surface area contributed by atoms with Crippen molar-refractivity contribution in [2.24, 2.45) is 11.7 Å². The molecule has 17 heavy (non-hydrogen) atoms. The summed E-state index contributed by atoms with van der Waals surface area (Å²) in [5.74, 6) is 0.0685. The van der Waals surface area contributed by atoms with Crippen LogP contribution in [0.15, 0.2) is 0 Å². The molecule has 100 valence electrons. The molecule has 0 aromatic rings. The summed E-state index contributed by atoms with van der Waals surface area (Å²) in [6.45, 7) is 8.25. The molecular weight excluding hydrogens is 218 g/mol. The van der Waals surface area contributed by atoms with Crippen LogP contribution in [-0.2, 0) is 9.59 Å². The average molecular weight is 243 g/mol. The SMILES string of the molecule is CCC(N)CC(=O)NC(C)C(=O)NCC(C)C. The molecule has 2 unspecified atom stereocenters. The molecule has 0 radical (unpaired) electrons. The molecular formula is C12H25N3O2. The summed E-state index contributed by atoms with van der Waals surface area (Å²) < 4.78 is 0. The van der Waals surface area contributed by atoms with Gasteiger partial charge in [0.05, 0.1) is 0 Å². The van der Waals surface area contributed by atoms with Gasteiger partial charge in [-0.1, -0.05) is 20.8 Å². The van der Waals surface area contributed by atoms with Crippen molar-refractivity contribution in [2.45, 2.75) is 52.6 Å². The Bertz CT molecular complexity index is 254. The van der Waals surface area contributed by atoms with Crippen LogP contribution in [-0.4, -0.2) is 30.4 Å². The molecule has 0 rings (SSSR count). The third-order valence-electron chi connectivity index (χ3n) is 2.43. The molecule has 0 bridgehead atoms. The van der Waals surface area contributed by atoms with Gasteiger partial charge in [-0.25, -0.2) is 0 Å². The van der Waals surface area contributed by atoms with Crippen LogP contribution in [0.5, 0.6) is 0 Å². The predicted molar refractivity (Wildman–Crippen MR) is 68.3 cm³/mol. The van der Waals surface area contributed by atoms with Crippen LogP contribution in [0, 0.1) is 5.92 Å². The number of carbonyl (C=O) groups is 2. The van der Waals surface area contributed by atoms with Crippen molar-refractivity contribution in [1.82, 2.24) is 10.6 Å². The minimum Gasteiger partial charge on any atom is -0.354 e. The molecule has 5 heteroatoms. The fourth-order valence-electron chi connectivity index (χ4n) is 1.21. The molecule has 0 spiro atoms. The first-order chi connectivity index (χ1) is 7.86. The van der Waals surface area contributed by atoms with Gasteiger partial charge in [-0.05, 0) is 19.3 Å². The highest BCUT2D eigenvalue weighted by Crippen LogP contribution is 1.95. The number of nitrogens with two attached hydrogens (primary N) is 1. The number of nitrogens with one attached hydrogen (secondary N) is 2. The van der Waals surface area contributed by atoms with Crippen molar-refractivity contribution >= 4 is 11.8 Å². The lowest BCUT2D eigenvalue weighted by Gasteiger charge is -2.16. The molecule has 2 amide bonds. The zero-order chi connectivity index (χ0) is 13.4. The van der Waals surface area contributed by atoms with E-state index >= 15 is 0 Å². The van der Waals surface area contributed by atoms with E-state index in [0.29, 0.717) is 12.5 Å². The van der Waals surface area contributed by atoms with Gasteiger partial charge in [-0.15, -0.1) is 0 Å². The van der Waals surface area contributed by atoms with Crippen LogP contribution in [0.2, 0.25) is 0 Å². The van der Waals surface area contributed by atoms with E-state index in [1.807, 2.05) is 20.8 Å². The van der Waals surface area contributed by atoms with Crippen molar-refractivity contribution in [2.75, 3.05) is 6.54 Å². The van der Waals surface area contributed by atoms with Crippen LogP contribution < -0.4 is 16.4 Å². The second-order valence-electron chi connectivity index (χ2n) is 4.80.